The van der Waals surface area contributed by atoms with Crippen molar-refractivity contribution in [2.24, 2.45) is 0 Å². The number of benzene rings is 2. The summed E-state index contributed by atoms with van der Waals surface area (Å²) in [5.74, 6) is -0.643. The van der Waals surface area contributed by atoms with Gasteiger partial charge in [0.25, 0.3) is 5.69 Å². The van der Waals surface area contributed by atoms with Crippen LogP contribution in [-0.4, -0.2) is 38.6 Å². The minimum absolute atomic E-state index is 0.0502. The maximum absolute atomic E-state index is 12.6. The normalized spacial score (nSPS) is 12.8. The molecule has 0 aromatic heterocycles. The van der Waals surface area contributed by atoms with E-state index >= 15 is 0 Å². The summed E-state index contributed by atoms with van der Waals surface area (Å²) in [6.45, 7) is 1.98. The summed E-state index contributed by atoms with van der Waals surface area (Å²) in [6, 6.07) is 8.09. The molecular weight excluding hydrogens is 451 g/mol. The van der Waals surface area contributed by atoms with Gasteiger partial charge in [-0.25, -0.2) is 8.42 Å². The first-order chi connectivity index (χ1) is 14.8. The first-order valence-electron chi connectivity index (χ1n) is 9.45. The van der Waals surface area contributed by atoms with Crippen molar-refractivity contribution < 1.29 is 31.3 Å². The molecule has 0 radical (unpaired) electrons. The van der Waals surface area contributed by atoms with Crippen molar-refractivity contribution in [2.45, 2.75) is 30.3 Å². The fraction of sp³-hybridized carbons (Fsp3) is 0.350. The molecule has 2 aromatic carbocycles. The summed E-state index contributed by atoms with van der Waals surface area (Å²) in [4.78, 5) is 22.4. The number of sulfone groups is 1. The zero-order chi connectivity index (χ0) is 24.1. The Hall–Kier alpha value is -3.15. The Morgan fingerprint density at radius 1 is 1.12 bits per heavy atom. The summed E-state index contributed by atoms with van der Waals surface area (Å²) in [5, 5.41) is 16.6. The summed E-state index contributed by atoms with van der Waals surface area (Å²) >= 11 is 0. The number of hydrogen-bond donors (Lipinski definition) is 2. The molecule has 1 atom stereocenters. The largest absolute Gasteiger partial charge is 0.416 e. The summed E-state index contributed by atoms with van der Waals surface area (Å²) < 4.78 is 61.0. The molecule has 1 amide bonds. The molecule has 32 heavy (non-hydrogen) atoms. The van der Waals surface area contributed by atoms with Gasteiger partial charge in [-0.05, 0) is 35.7 Å². The molecule has 0 aliphatic heterocycles. The van der Waals surface area contributed by atoms with Crippen LogP contribution in [0.5, 0.6) is 0 Å². The van der Waals surface area contributed by atoms with Gasteiger partial charge >= 0.3 is 6.18 Å². The zero-order valence-corrected chi connectivity index (χ0v) is 18.1. The number of nitro benzene ring substituents is 1. The van der Waals surface area contributed by atoms with Gasteiger partial charge in [-0.1, -0.05) is 19.1 Å². The van der Waals surface area contributed by atoms with E-state index in [0.717, 1.165) is 24.5 Å². The Morgan fingerprint density at radius 3 is 2.28 bits per heavy atom. The van der Waals surface area contributed by atoms with Gasteiger partial charge in [-0.2, -0.15) is 13.2 Å². The van der Waals surface area contributed by atoms with Crippen LogP contribution in [0.3, 0.4) is 0 Å². The number of rotatable bonds is 9. The number of amides is 1. The predicted octanol–water partition coefficient (Wildman–Crippen LogP) is 3.74. The molecule has 0 saturated carbocycles. The number of alkyl halides is 3. The van der Waals surface area contributed by atoms with Gasteiger partial charge in [0.05, 0.1) is 15.4 Å². The molecule has 2 N–H and O–H groups in total. The molecular formula is C20H22F3N3O5S. The van der Waals surface area contributed by atoms with E-state index in [9.17, 15) is 36.5 Å². The molecule has 0 fully saturated rings. The lowest BCUT2D eigenvalue weighted by atomic mass is 9.96. The predicted molar refractivity (Wildman–Crippen MR) is 112 cm³/mol. The molecule has 2 aromatic rings. The van der Waals surface area contributed by atoms with Crippen LogP contribution in [0.4, 0.5) is 24.5 Å². The van der Waals surface area contributed by atoms with Crippen LogP contribution in [0, 0.1) is 10.1 Å². The first kappa shape index (κ1) is 25.1. The maximum atomic E-state index is 12.6. The molecule has 0 bridgehead atoms. The van der Waals surface area contributed by atoms with E-state index in [2.05, 4.69) is 10.6 Å². The molecule has 12 heteroatoms. The second kappa shape index (κ2) is 9.98. The Kier molecular flexibility index (Phi) is 7.83. The second-order valence-corrected chi connectivity index (χ2v) is 9.23. The number of nitro groups is 1. The lowest BCUT2D eigenvalue weighted by Gasteiger charge is -2.14. The molecule has 174 valence electrons. The second-order valence-electron chi connectivity index (χ2n) is 7.21. The number of carbonyl (C=O) groups excluding carboxylic acids is 1. The Morgan fingerprint density at radius 2 is 1.75 bits per heavy atom. The van der Waals surface area contributed by atoms with E-state index in [1.807, 2.05) is 0 Å². The molecule has 0 saturated heterocycles. The zero-order valence-electron chi connectivity index (χ0n) is 17.3. The Labute approximate surface area is 182 Å². The highest BCUT2D eigenvalue weighted by Crippen LogP contribution is 2.31. The quantitative estimate of drug-likeness (QED) is 0.325. The highest BCUT2D eigenvalue weighted by Gasteiger charge is 2.30. The van der Waals surface area contributed by atoms with Crippen LogP contribution in [0.15, 0.2) is 47.4 Å². The third-order valence-electron chi connectivity index (χ3n) is 4.66. The third kappa shape index (κ3) is 6.94. The van der Waals surface area contributed by atoms with Gasteiger partial charge in [0.15, 0.2) is 9.84 Å². The molecule has 0 aliphatic rings. The van der Waals surface area contributed by atoms with Crippen LogP contribution in [-0.2, 0) is 20.8 Å². The molecule has 2 rings (SSSR count). The Balaban J connectivity index is 1.87. The standard InChI is InChI=1S/C20H22F3N3O5S/c1-13(14-3-5-15(6-4-14)20(21,22)23)11-19(27)25-10-9-24-17-8-7-16(32(2,30)31)12-18(17)26(28)29/h3-8,12-13,24H,9-11H2,1-2H3,(H,25,27). The van der Waals surface area contributed by atoms with Crippen LogP contribution in [0.25, 0.3) is 0 Å². The maximum Gasteiger partial charge on any atom is 0.416 e. The monoisotopic (exact) mass is 473 g/mol. The average molecular weight is 473 g/mol. The van der Waals surface area contributed by atoms with Crippen molar-refractivity contribution in [3.05, 3.63) is 63.7 Å². The van der Waals surface area contributed by atoms with Gasteiger partial charge in [-0.3, -0.25) is 14.9 Å². The minimum atomic E-state index is -4.42. The minimum Gasteiger partial charge on any atom is -0.378 e. The van der Waals surface area contributed by atoms with E-state index in [4.69, 9.17) is 0 Å². The Bertz CT molecular complexity index is 1090. The van der Waals surface area contributed by atoms with Crippen LogP contribution >= 0.6 is 0 Å². The number of nitrogens with one attached hydrogen (secondary N) is 2. The van der Waals surface area contributed by atoms with Crippen molar-refractivity contribution >= 4 is 27.1 Å². The highest BCUT2D eigenvalue weighted by atomic mass is 32.2. The highest BCUT2D eigenvalue weighted by molar-refractivity contribution is 7.90. The third-order valence-corrected chi connectivity index (χ3v) is 5.77. The lowest BCUT2D eigenvalue weighted by Crippen LogP contribution is -2.29. The van der Waals surface area contributed by atoms with Crippen LogP contribution in [0.1, 0.15) is 30.4 Å². The summed E-state index contributed by atoms with van der Waals surface area (Å²) in [5.41, 5.74) is -0.472. The SMILES string of the molecule is CC(CC(=O)NCCNc1ccc(S(C)(=O)=O)cc1[N+](=O)[O-])c1ccc(C(F)(F)F)cc1. The van der Waals surface area contributed by atoms with Gasteiger partial charge < -0.3 is 10.6 Å². The number of carbonyl (C=O) groups is 1. The number of anilines is 1. The number of nitrogens with zero attached hydrogens (tertiary/aromatic N) is 1. The van der Waals surface area contributed by atoms with Gasteiger partial charge in [-0.15, -0.1) is 0 Å². The topological polar surface area (TPSA) is 118 Å². The van der Waals surface area contributed by atoms with Crippen LogP contribution in [0.2, 0.25) is 0 Å². The van der Waals surface area contributed by atoms with Crippen molar-refractivity contribution in [1.82, 2.24) is 5.32 Å². The fourth-order valence-corrected chi connectivity index (χ4v) is 3.55. The fourth-order valence-electron chi connectivity index (χ4n) is 2.91. The van der Waals surface area contributed by atoms with E-state index in [1.54, 1.807) is 6.92 Å². The van der Waals surface area contributed by atoms with E-state index < -0.39 is 32.2 Å². The summed E-state index contributed by atoms with van der Waals surface area (Å²) in [7, 11) is -3.60. The molecule has 0 aliphatic carbocycles. The van der Waals surface area contributed by atoms with Crippen molar-refractivity contribution in [3.8, 4) is 0 Å². The van der Waals surface area contributed by atoms with Crippen molar-refractivity contribution in [3.63, 3.8) is 0 Å². The molecule has 0 heterocycles. The van der Waals surface area contributed by atoms with Gasteiger partial charge in [0.2, 0.25) is 5.91 Å². The first-order valence-corrected chi connectivity index (χ1v) is 11.3. The molecule has 8 nitrogen and oxygen atoms in total. The molecule has 1 unspecified atom stereocenters. The van der Waals surface area contributed by atoms with Crippen molar-refractivity contribution in [2.75, 3.05) is 24.7 Å². The lowest BCUT2D eigenvalue weighted by molar-refractivity contribution is -0.384. The van der Waals surface area contributed by atoms with Gasteiger partial charge in [0, 0.05) is 31.8 Å². The molecule has 0 spiro atoms. The van der Waals surface area contributed by atoms with Gasteiger partial charge in [0.1, 0.15) is 5.69 Å². The number of hydrogen-bond acceptors (Lipinski definition) is 6. The summed E-state index contributed by atoms with van der Waals surface area (Å²) in [6.07, 6.45) is -3.43. The van der Waals surface area contributed by atoms with E-state index in [0.29, 0.717) is 5.56 Å². The van der Waals surface area contributed by atoms with Crippen LogP contribution < -0.4 is 10.6 Å². The average Bonchev–Trinajstić information content (AvgIpc) is 2.69. The number of halogens is 3. The smallest absolute Gasteiger partial charge is 0.378 e. The van der Waals surface area contributed by atoms with E-state index in [1.165, 1.54) is 24.3 Å². The van der Waals surface area contributed by atoms with E-state index in [-0.39, 0.29) is 41.9 Å². The van der Waals surface area contributed by atoms with Crippen molar-refractivity contribution in [1.29, 1.82) is 0 Å².